The first-order valence-electron chi connectivity index (χ1n) is 8.54. The quantitative estimate of drug-likeness (QED) is 0.865. The van der Waals surface area contributed by atoms with E-state index in [1.165, 1.54) is 33.5 Å². The highest BCUT2D eigenvalue weighted by molar-refractivity contribution is 5.90. The van der Waals surface area contributed by atoms with Crippen molar-refractivity contribution in [2.24, 2.45) is 17.8 Å². The number of rotatable bonds is 3. The summed E-state index contributed by atoms with van der Waals surface area (Å²) in [7, 11) is 2.91. The molecule has 4 aliphatic rings. The average Bonchev–Trinajstić information content (AvgIpc) is 2.53. The van der Waals surface area contributed by atoms with Crippen LogP contribution in [0.3, 0.4) is 0 Å². The lowest BCUT2D eigenvalue weighted by molar-refractivity contribution is -0.00630. The van der Waals surface area contributed by atoms with Crippen LogP contribution in [0.1, 0.15) is 54.4 Å². The van der Waals surface area contributed by atoms with Crippen LogP contribution >= 0.6 is 0 Å². The minimum Gasteiger partial charge on any atom is -0.504 e. The van der Waals surface area contributed by atoms with Crippen molar-refractivity contribution in [1.29, 1.82) is 0 Å². The summed E-state index contributed by atoms with van der Waals surface area (Å²) in [4.78, 5) is 12.0. The molecule has 4 aliphatic carbocycles. The van der Waals surface area contributed by atoms with Crippen molar-refractivity contribution < 1.29 is 19.4 Å². The molecule has 0 amide bonds. The maximum absolute atomic E-state index is 12.0. The molecule has 4 fully saturated rings. The molecule has 5 rings (SSSR count). The number of carbonyl (C=O) groups excluding carboxylic acids is 1. The Morgan fingerprint density at radius 3 is 2.13 bits per heavy atom. The second kappa shape index (κ2) is 5.15. The van der Waals surface area contributed by atoms with E-state index in [1.807, 2.05) is 6.07 Å². The van der Waals surface area contributed by atoms with Crippen LogP contribution in [0.2, 0.25) is 0 Å². The highest BCUT2D eigenvalue weighted by Crippen LogP contribution is 2.62. The lowest BCUT2D eigenvalue weighted by atomic mass is 9.48. The maximum Gasteiger partial charge on any atom is 0.337 e. The van der Waals surface area contributed by atoms with Crippen LogP contribution < -0.4 is 4.74 Å². The number of phenolic OH excluding ortho intramolecular Hbond substituents is 1. The van der Waals surface area contributed by atoms with E-state index >= 15 is 0 Å². The molecule has 1 N–H and O–H groups in total. The zero-order valence-electron chi connectivity index (χ0n) is 13.8. The van der Waals surface area contributed by atoms with Gasteiger partial charge in [-0.15, -0.1) is 0 Å². The van der Waals surface area contributed by atoms with Crippen molar-refractivity contribution in [2.75, 3.05) is 14.2 Å². The van der Waals surface area contributed by atoms with Gasteiger partial charge in [-0.2, -0.15) is 0 Å². The normalized spacial score (nSPS) is 34.4. The molecule has 23 heavy (non-hydrogen) atoms. The summed E-state index contributed by atoms with van der Waals surface area (Å²) in [5, 5.41) is 10.8. The van der Waals surface area contributed by atoms with E-state index in [4.69, 9.17) is 9.47 Å². The van der Waals surface area contributed by atoms with E-state index in [-0.39, 0.29) is 17.1 Å². The lowest BCUT2D eigenvalue weighted by Crippen LogP contribution is -2.48. The molecule has 0 aromatic heterocycles. The molecule has 4 saturated carbocycles. The summed E-state index contributed by atoms with van der Waals surface area (Å²) in [6, 6.07) is 3.42. The third-order valence-corrected chi connectivity index (χ3v) is 6.33. The van der Waals surface area contributed by atoms with Crippen molar-refractivity contribution >= 4 is 5.97 Å². The highest BCUT2D eigenvalue weighted by atomic mass is 16.5. The number of esters is 1. The van der Waals surface area contributed by atoms with E-state index in [9.17, 15) is 9.90 Å². The average molecular weight is 316 g/mol. The third kappa shape index (κ3) is 2.22. The van der Waals surface area contributed by atoms with Gasteiger partial charge in [-0.05, 0) is 73.8 Å². The first-order chi connectivity index (χ1) is 11.0. The SMILES string of the molecule is COC(=O)c1cc(OC)c(O)c(C23CC4CC(CC(C4)C2)C3)c1. The molecule has 1 aromatic rings. The fourth-order valence-electron chi connectivity index (χ4n) is 5.84. The smallest absolute Gasteiger partial charge is 0.337 e. The minimum absolute atomic E-state index is 0.0101. The van der Waals surface area contributed by atoms with E-state index in [0.717, 1.165) is 42.6 Å². The van der Waals surface area contributed by atoms with Crippen LogP contribution in [-0.4, -0.2) is 25.3 Å². The number of hydrogen-bond donors (Lipinski definition) is 1. The van der Waals surface area contributed by atoms with Gasteiger partial charge in [0.1, 0.15) is 0 Å². The molecule has 0 radical (unpaired) electrons. The number of benzene rings is 1. The summed E-state index contributed by atoms with van der Waals surface area (Å²) < 4.78 is 10.2. The molecule has 0 heterocycles. The zero-order chi connectivity index (χ0) is 16.2. The predicted octanol–water partition coefficient (Wildman–Crippen LogP) is 3.66. The summed E-state index contributed by atoms with van der Waals surface area (Å²) in [6.07, 6.45) is 7.40. The van der Waals surface area contributed by atoms with Gasteiger partial charge in [0.25, 0.3) is 0 Å². The molecule has 4 bridgehead atoms. The number of aromatic hydroxyl groups is 1. The molecular formula is C19H24O4. The lowest BCUT2D eigenvalue weighted by Gasteiger charge is -2.57. The molecule has 0 atom stereocenters. The van der Waals surface area contributed by atoms with E-state index in [1.54, 1.807) is 6.07 Å². The Morgan fingerprint density at radius 2 is 1.65 bits per heavy atom. The van der Waals surface area contributed by atoms with Gasteiger partial charge in [-0.1, -0.05) is 0 Å². The number of methoxy groups -OCH3 is 2. The summed E-state index contributed by atoms with van der Waals surface area (Å²) in [5.74, 6) is 2.52. The first kappa shape index (κ1) is 14.9. The fourth-order valence-corrected chi connectivity index (χ4v) is 5.84. The molecule has 0 spiro atoms. The van der Waals surface area contributed by atoms with Gasteiger partial charge in [0.15, 0.2) is 11.5 Å². The van der Waals surface area contributed by atoms with Gasteiger partial charge >= 0.3 is 5.97 Å². The first-order valence-corrected chi connectivity index (χ1v) is 8.54. The van der Waals surface area contributed by atoms with E-state index < -0.39 is 0 Å². The van der Waals surface area contributed by atoms with Gasteiger partial charge in [0.2, 0.25) is 0 Å². The predicted molar refractivity (Wildman–Crippen MR) is 85.8 cm³/mol. The van der Waals surface area contributed by atoms with Crippen molar-refractivity contribution in [3.8, 4) is 11.5 Å². The van der Waals surface area contributed by atoms with Crippen molar-refractivity contribution in [1.82, 2.24) is 0 Å². The van der Waals surface area contributed by atoms with Gasteiger partial charge in [-0.25, -0.2) is 4.79 Å². The molecular weight excluding hydrogens is 292 g/mol. The van der Waals surface area contributed by atoms with Crippen LogP contribution in [0.25, 0.3) is 0 Å². The molecule has 1 aromatic carbocycles. The summed E-state index contributed by atoms with van der Waals surface area (Å²) in [6.45, 7) is 0. The Labute approximate surface area is 136 Å². The maximum atomic E-state index is 12.0. The van der Waals surface area contributed by atoms with E-state index in [2.05, 4.69) is 0 Å². The summed E-state index contributed by atoms with van der Waals surface area (Å²) >= 11 is 0. The van der Waals surface area contributed by atoms with Crippen LogP contribution in [0.5, 0.6) is 11.5 Å². The molecule has 124 valence electrons. The van der Waals surface area contributed by atoms with Crippen LogP contribution in [0, 0.1) is 17.8 Å². The molecule has 4 nitrogen and oxygen atoms in total. The minimum atomic E-state index is -0.380. The molecule has 4 heteroatoms. The molecule has 0 unspecified atom stereocenters. The number of hydrogen-bond acceptors (Lipinski definition) is 4. The Morgan fingerprint density at radius 1 is 1.09 bits per heavy atom. The van der Waals surface area contributed by atoms with Crippen LogP contribution in [0.15, 0.2) is 12.1 Å². The molecule has 0 saturated heterocycles. The second-order valence-electron chi connectivity index (χ2n) is 7.76. The van der Waals surface area contributed by atoms with Crippen LogP contribution in [0.4, 0.5) is 0 Å². The van der Waals surface area contributed by atoms with Crippen LogP contribution in [-0.2, 0) is 10.2 Å². The highest BCUT2D eigenvalue weighted by Gasteiger charge is 2.52. The van der Waals surface area contributed by atoms with Gasteiger partial charge in [0.05, 0.1) is 19.8 Å². The number of ether oxygens (including phenoxy) is 2. The Hall–Kier alpha value is -1.71. The fraction of sp³-hybridized carbons (Fsp3) is 0.632. The van der Waals surface area contributed by atoms with Gasteiger partial charge in [-0.3, -0.25) is 0 Å². The van der Waals surface area contributed by atoms with E-state index in [0.29, 0.717) is 11.3 Å². The number of phenols is 1. The zero-order valence-corrected chi connectivity index (χ0v) is 13.8. The van der Waals surface area contributed by atoms with Crippen molar-refractivity contribution in [3.63, 3.8) is 0 Å². The number of carbonyl (C=O) groups is 1. The van der Waals surface area contributed by atoms with Crippen molar-refractivity contribution in [3.05, 3.63) is 23.3 Å². The Bertz CT molecular complexity index is 614. The van der Waals surface area contributed by atoms with Gasteiger partial charge in [0, 0.05) is 5.56 Å². The largest absolute Gasteiger partial charge is 0.504 e. The Kier molecular flexibility index (Phi) is 3.33. The topological polar surface area (TPSA) is 55.8 Å². The standard InChI is InChI=1S/C19H24O4/c1-22-16-7-14(18(21)23-2)6-15(17(16)20)19-8-11-3-12(9-19)5-13(4-11)10-19/h6-7,11-13,20H,3-5,8-10H2,1-2H3. The monoisotopic (exact) mass is 316 g/mol. The molecule has 0 aliphatic heterocycles. The summed E-state index contributed by atoms with van der Waals surface area (Å²) in [5.41, 5.74) is 1.38. The van der Waals surface area contributed by atoms with Gasteiger partial charge < -0.3 is 14.6 Å². The third-order valence-electron chi connectivity index (χ3n) is 6.33. The van der Waals surface area contributed by atoms with Crippen molar-refractivity contribution in [2.45, 2.75) is 43.9 Å². The Balaban J connectivity index is 1.83. The second-order valence-corrected chi connectivity index (χ2v) is 7.76.